The van der Waals surface area contributed by atoms with Gasteiger partial charge in [0.25, 0.3) is 5.91 Å². The van der Waals surface area contributed by atoms with Gasteiger partial charge in [0, 0.05) is 24.0 Å². The number of carbonyl (C=O) groups is 1. The topological polar surface area (TPSA) is 58.4 Å². The Morgan fingerprint density at radius 2 is 2.29 bits per heavy atom. The second-order valence-electron chi connectivity index (χ2n) is 5.43. The van der Waals surface area contributed by atoms with E-state index in [4.69, 9.17) is 5.84 Å². The van der Waals surface area contributed by atoms with Crippen molar-refractivity contribution in [2.24, 2.45) is 5.84 Å². The van der Waals surface area contributed by atoms with Gasteiger partial charge in [-0.1, -0.05) is 0 Å². The first-order valence-corrected chi connectivity index (χ1v) is 8.78. The lowest BCUT2D eigenvalue weighted by atomic mass is 10.2. The van der Waals surface area contributed by atoms with E-state index in [0.717, 1.165) is 13.1 Å². The Balaban J connectivity index is 1.73. The van der Waals surface area contributed by atoms with Crippen LogP contribution in [0.25, 0.3) is 0 Å². The highest BCUT2D eigenvalue weighted by Crippen LogP contribution is 2.32. The number of nitrogens with two attached hydrogens (primary N) is 1. The Kier molecular flexibility index (Phi) is 4.40. The molecule has 1 aliphatic rings. The Bertz CT molecular complexity index is 617. The van der Waals surface area contributed by atoms with E-state index in [1.807, 2.05) is 6.07 Å². The second-order valence-corrected chi connectivity index (χ2v) is 7.47. The SMILES string of the molecule is Cc1sc(C(=O)NN)cc1CN(Cc1ccsc1)C1CC1. The summed E-state index contributed by atoms with van der Waals surface area (Å²) in [6.07, 6.45) is 2.56. The van der Waals surface area contributed by atoms with E-state index in [2.05, 4.69) is 34.1 Å². The van der Waals surface area contributed by atoms with Gasteiger partial charge in [-0.25, -0.2) is 5.84 Å². The summed E-state index contributed by atoms with van der Waals surface area (Å²) in [7, 11) is 0. The molecule has 1 fully saturated rings. The van der Waals surface area contributed by atoms with E-state index in [1.54, 1.807) is 11.3 Å². The van der Waals surface area contributed by atoms with Crippen molar-refractivity contribution in [3.05, 3.63) is 43.8 Å². The van der Waals surface area contributed by atoms with Crippen molar-refractivity contribution in [1.29, 1.82) is 0 Å². The number of nitrogen functional groups attached to an aromatic ring is 1. The van der Waals surface area contributed by atoms with E-state index < -0.39 is 0 Å². The van der Waals surface area contributed by atoms with E-state index >= 15 is 0 Å². The highest BCUT2D eigenvalue weighted by Gasteiger charge is 2.29. The number of hydrazine groups is 1. The molecule has 0 aromatic carbocycles. The summed E-state index contributed by atoms with van der Waals surface area (Å²) in [5.41, 5.74) is 4.82. The monoisotopic (exact) mass is 321 g/mol. The molecule has 2 aromatic rings. The Morgan fingerprint density at radius 3 is 2.90 bits per heavy atom. The molecule has 2 heterocycles. The zero-order valence-corrected chi connectivity index (χ0v) is 13.6. The predicted molar refractivity (Wildman–Crippen MR) is 87.3 cm³/mol. The molecule has 0 unspecified atom stereocenters. The number of nitrogens with one attached hydrogen (secondary N) is 1. The number of amides is 1. The molecule has 112 valence electrons. The van der Waals surface area contributed by atoms with Gasteiger partial charge in [-0.3, -0.25) is 15.1 Å². The summed E-state index contributed by atoms with van der Waals surface area (Å²) in [6.45, 7) is 3.96. The van der Waals surface area contributed by atoms with Gasteiger partial charge in [0.05, 0.1) is 4.88 Å². The van der Waals surface area contributed by atoms with Crippen LogP contribution in [-0.4, -0.2) is 16.8 Å². The average molecular weight is 321 g/mol. The zero-order chi connectivity index (χ0) is 14.8. The van der Waals surface area contributed by atoms with Crippen LogP contribution in [0.15, 0.2) is 22.9 Å². The first-order valence-electron chi connectivity index (χ1n) is 7.02. The van der Waals surface area contributed by atoms with Gasteiger partial charge < -0.3 is 0 Å². The normalized spacial score (nSPS) is 14.6. The third-order valence-corrected chi connectivity index (χ3v) is 5.60. The number of rotatable bonds is 6. The van der Waals surface area contributed by atoms with Gasteiger partial charge >= 0.3 is 0 Å². The van der Waals surface area contributed by atoms with Crippen molar-refractivity contribution < 1.29 is 4.79 Å². The zero-order valence-electron chi connectivity index (χ0n) is 12.0. The summed E-state index contributed by atoms with van der Waals surface area (Å²) in [6, 6.07) is 4.86. The van der Waals surface area contributed by atoms with Crippen LogP contribution in [-0.2, 0) is 13.1 Å². The summed E-state index contributed by atoms with van der Waals surface area (Å²) in [5.74, 6) is 5.01. The van der Waals surface area contributed by atoms with E-state index in [1.165, 1.54) is 40.2 Å². The molecule has 2 aromatic heterocycles. The highest BCUT2D eigenvalue weighted by molar-refractivity contribution is 7.14. The van der Waals surface area contributed by atoms with Gasteiger partial charge in [0.2, 0.25) is 0 Å². The van der Waals surface area contributed by atoms with Crippen LogP contribution < -0.4 is 11.3 Å². The van der Waals surface area contributed by atoms with Crippen LogP contribution in [0.4, 0.5) is 0 Å². The van der Waals surface area contributed by atoms with Crippen LogP contribution in [0, 0.1) is 6.92 Å². The fourth-order valence-electron chi connectivity index (χ4n) is 2.45. The number of hydrogen-bond acceptors (Lipinski definition) is 5. The molecule has 21 heavy (non-hydrogen) atoms. The minimum absolute atomic E-state index is 0.204. The van der Waals surface area contributed by atoms with Crippen LogP contribution in [0.1, 0.15) is 38.5 Å². The Morgan fingerprint density at radius 1 is 1.48 bits per heavy atom. The van der Waals surface area contributed by atoms with Crippen molar-refractivity contribution in [3.8, 4) is 0 Å². The third-order valence-electron chi connectivity index (χ3n) is 3.78. The van der Waals surface area contributed by atoms with E-state index in [0.29, 0.717) is 10.9 Å². The lowest BCUT2D eigenvalue weighted by Crippen LogP contribution is -2.29. The van der Waals surface area contributed by atoms with Crippen molar-refractivity contribution in [1.82, 2.24) is 10.3 Å². The first-order chi connectivity index (χ1) is 10.2. The van der Waals surface area contributed by atoms with Crippen molar-refractivity contribution in [2.75, 3.05) is 0 Å². The molecule has 0 atom stereocenters. The molecule has 0 radical (unpaired) electrons. The lowest BCUT2D eigenvalue weighted by Gasteiger charge is -2.21. The summed E-state index contributed by atoms with van der Waals surface area (Å²) in [4.78, 5) is 16.0. The fourth-order valence-corrected chi connectivity index (χ4v) is 4.05. The largest absolute Gasteiger partial charge is 0.292 e. The molecule has 3 rings (SSSR count). The molecule has 1 saturated carbocycles. The molecule has 0 aliphatic heterocycles. The van der Waals surface area contributed by atoms with Crippen LogP contribution in [0.3, 0.4) is 0 Å². The maximum Gasteiger partial charge on any atom is 0.275 e. The average Bonchev–Trinajstić information content (AvgIpc) is 3.09. The van der Waals surface area contributed by atoms with Gasteiger partial charge in [0.15, 0.2) is 0 Å². The number of nitrogens with zero attached hydrogens (tertiary/aromatic N) is 1. The Hall–Kier alpha value is -1.21. The molecule has 6 heteroatoms. The van der Waals surface area contributed by atoms with Crippen LogP contribution >= 0.6 is 22.7 Å². The standard InChI is InChI=1S/C15H19N3OS2/c1-10-12(6-14(21-10)15(19)17-16)8-18(13-2-3-13)7-11-4-5-20-9-11/h4-6,9,13H,2-3,7-8,16H2,1H3,(H,17,19). The van der Waals surface area contributed by atoms with Gasteiger partial charge in [0.1, 0.15) is 0 Å². The summed E-state index contributed by atoms with van der Waals surface area (Å²) >= 11 is 3.26. The van der Waals surface area contributed by atoms with E-state index in [-0.39, 0.29) is 5.91 Å². The molecule has 1 amide bonds. The second kappa shape index (κ2) is 6.27. The van der Waals surface area contributed by atoms with Gasteiger partial charge in [-0.15, -0.1) is 11.3 Å². The van der Waals surface area contributed by atoms with E-state index in [9.17, 15) is 4.79 Å². The fraction of sp³-hybridized carbons (Fsp3) is 0.400. The molecule has 1 aliphatic carbocycles. The van der Waals surface area contributed by atoms with Crippen LogP contribution in [0.2, 0.25) is 0 Å². The summed E-state index contributed by atoms with van der Waals surface area (Å²) < 4.78 is 0. The maximum atomic E-state index is 11.6. The smallest absolute Gasteiger partial charge is 0.275 e. The Labute approximate surface area is 132 Å². The summed E-state index contributed by atoms with van der Waals surface area (Å²) in [5, 5.41) is 4.34. The number of carbonyl (C=O) groups excluding carboxylic acids is 1. The molecule has 0 saturated heterocycles. The molecular weight excluding hydrogens is 302 g/mol. The maximum absolute atomic E-state index is 11.6. The number of thiophene rings is 2. The minimum Gasteiger partial charge on any atom is -0.292 e. The number of aryl methyl sites for hydroxylation is 1. The van der Waals surface area contributed by atoms with Gasteiger partial charge in [-0.2, -0.15) is 11.3 Å². The molecule has 4 nitrogen and oxygen atoms in total. The minimum atomic E-state index is -0.204. The van der Waals surface area contributed by atoms with Crippen molar-refractivity contribution >= 4 is 28.6 Å². The quantitative estimate of drug-likeness (QED) is 0.489. The molecular formula is C15H19N3OS2. The molecule has 0 bridgehead atoms. The van der Waals surface area contributed by atoms with Crippen molar-refractivity contribution in [3.63, 3.8) is 0 Å². The molecule has 0 spiro atoms. The third kappa shape index (κ3) is 3.52. The predicted octanol–water partition coefficient (Wildman–Crippen LogP) is 2.89. The number of hydrogen-bond donors (Lipinski definition) is 2. The molecule has 3 N–H and O–H groups in total. The van der Waals surface area contributed by atoms with Crippen LogP contribution in [0.5, 0.6) is 0 Å². The first kappa shape index (κ1) is 14.7. The van der Waals surface area contributed by atoms with Crippen molar-refractivity contribution in [2.45, 2.75) is 38.9 Å². The lowest BCUT2D eigenvalue weighted by molar-refractivity contribution is 0.0957. The highest BCUT2D eigenvalue weighted by atomic mass is 32.1. The van der Waals surface area contributed by atoms with Gasteiger partial charge in [-0.05, 0) is 53.8 Å².